The van der Waals surface area contributed by atoms with Crippen LogP contribution in [0.1, 0.15) is 15.9 Å². The molecule has 0 atom stereocenters. The van der Waals surface area contributed by atoms with Gasteiger partial charge in [-0.15, -0.1) is 0 Å². The van der Waals surface area contributed by atoms with Crippen LogP contribution >= 0.6 is 11.6 Å². The molecule has 0 bridgehead atoms. The second-order valence-corrected chi connectivity index (χ2v) is 5.16. The average molecular weight is 293 g/mol. The molecule has 0 N–H and O–H groups in total. The molecule has 102 valence electrons. The van der Waals surface area contributed by atoms with Crippen LogP contribution in [0.2, 0.25) is 5.02 Å². The molecule has 0 aliphatic carbocycles. The Morgan fingerprint density at radius 2 is 1.24 bits per heavy atom. The van der Waals surface area contributed by atoms with E-state index in [1.165, 1.54) is 0 Å². The molecule has 3 rings (SSSR count). The van der Waals surface area contributed by atoms with E-state index in [0.29, 0.717) is 16.1 Å². The van der Waals surface area contributed by atoms with Crippen LogP contribution in [0.4, 0.5) is 0 Å². The zero-order valence-corrected chi connectivity index (χ0v) is 12.0. The Morgan fingerprint density at radius 1 is 0.667 bits per heavy atom. The second kappa shape index (κ2) is 5.94. The highest BCUT2D eigenvalue weighted by atomic mass is 35.5. The van der Waals surface area contributed by atoms with E-state index < -0.39 is 0 Å². The molecule has 0 saturated heterocycles. The second-order valence-electron chi connectivity index (χ2n) is 4.75. The van der Waals surface area contributed by atoms with Gasteiger partial charge in [-0.3, -0.25) is 4.79 Å². The van der Waals surface area contributed by atoms with Crippen molar-refractivity contribution in [2.45, 2.75) is 0 Å². The molecule has 1 nitrogen and oxygen atoms in total. The van der Waals surface area contributed by atoms with Crippen LogP contribution in [0.5, 0.6) is 0 Å². The number of rotatable bonds is 3. The summed E-state index contributed by atoms with van der Waals surface area (Å²) < 4.78 is 0. The van der Waals surface area contributed by atoms with E-state index in [2.05, 4.69) is 0 Å². The van der Waals surface area contributed by atoms with Crippen LogP contribution in [0.25, 0.3) is 11.1 Å². The van der Waals surface area contributed by atoms with Gasteiger partial charge in [0.25, 0.3) is 0 Å². The Labute approximate surface area is 128 Å². The lowest BCUT2D eigenvalue weighted by molar-refractivity contribution is 0.103. The third-order valence-electron chi connectivity index (χ3n) is 3.37. The molecule has 2 heteroatoms. The van der Waals surface area contributed by atoms with Gasteiger partial charge in [-0.2, -0.15) is 0 Å². The third kappa shape index (κ3) is 2.88. The fourth-order valence-corrected chi connectivity index (χ4v) is 2.50. The van der Waals surface area contributed by atoms with Gasteiger partial charge in [0.05, 0.1) is 0 Å². The summed E-state index contributed by atoms with van der Waals surface area (Å²) in [6, 6.07) is 24.5. The summed E-state index contributed by atoms with van der Waals surface area (Å²) in [6.07, 6.45) is 0. The first kappa shape index (κ1) is 13.6. The third-order valence-corrected chi connectivity index (χ3v) is 3.70. The number of carbonyl (C=O) groups excluding carboxylic acids is 1. The van der Waals surface area contributed by atoms with Crippen molar-refractivity contribution in [1.29, 1.82) is 0 Å². The Kier molecular flexibility index (Phi) is 3.85. The maximum absolute atomic E-state index is 12.3. The van der Waals surface area contributed by atoms with Crippen LogP contribution in [0.3, 0.4) is 0 Å². The van der Waals surface area contributed by atoms with E-state index in [4.69, 9.17) is 11.6 Å². The summed E-state index contributed by atoms with van der Waals surface area (Å²) in [5.74, 6) is 0.0290. The van der Waals surface area contributed by atoms with Gasteiger partial charge in [0.2, 0.25) is 0 Å². The maximum atomic E-state index is 12.3. The maximum Gasteiger partial charge on any atom is 0.193 e. The van der Waals surface area contributed by atoms with Gasteiger partial charge in [0, 0.05) is 21.7 Å². The van der Waals surface area contributed by atoms with E-state index in [1.807, 2.05) is 78.9 Å². The molecular formula is C19H13ClO. The highest BCUT2D eigenvalue weighted by Gasteiger charge is 2.09. The normalized spacial score (nSPS) is 10.3. The summed E-state index contributed by atoms with van der Waals surface area (Å²) in [5.41, 5.74) is 3.35. The van der Waals surface area contributed by atoms with E-state index >= 15 is 0 Å². The van der Waals surface area contributed by atoms with E-state index in [1.54, 1.807) is 0 Å². The van der Waals surface area contributed by atoms with Crippen molar-refractivity contribution in [3.63, 3.8) is 0 Å². The minimum Gasteiger partial charge on any atom is -0.289 e. The minimum atomic E-state index is 0.0290. The van der Waals surface area contributed by atoms with Gasteiger partial charge in [0.15, 0.2) is 5.78 Å². The highest BCUT2D eigenvalue weighted by molar-refractivity contribution is 6.33. The zero-order chi connectivity index (χ0) is 14.7. The highest BCUT2D eigenvalue weighted by Crippen LogP contribution is 2.27. The average Bonchev–Trinajstić information content (AvgIpc) is 2.56. The van der Waals surface area contributed by atoms with Crippen molar-refractivity contribution in [3.8, 4) is 11.1 Å². The largest absolute Gasteiger partial charge is 0.289 e. The summed E-state index contributed by atoms with van der Waals surface area (Å²) in [4.78, 5) is 12.3. The van der Waals surface area contributed by atoms with Gasteiger partial charge in [-0.1, -0.05) is 84.4 Å². The quantitative estimate of drug-likeness (QED) is 0.603. The lowest BCUT2D eigenvalue weighted by Gasteiger charge is -2.06. The monoisotopic (exact) mass is 292 g/mol. The van der Waals surface area contributed by atoms with Gasteiger partial charge in [0.1, 0.15) is 0 Å². The van der Waals surface area contributed by atoms with Crippen molar-refractivity contribution in [2.24, 2.45) is 0 Å². The zero-order valence-electron chi connectivity index (χ0n) is 11.3. The molecule has 0 spiro atoms. The van der Waals surface area contributed by atoms with Crippen LogP contribution in [-0.2, 0) is 0 Å². The predicted molar refractivity (Wildman–Crippen MR) is 86.8 cm³/mol. The summed E-state index contributed by atoms with van der Waals surface area (Å²) >= 11 is 6.19. The van der Waals surface area contributed by atoms with Crippen LogP contribution in [0.15, 0.2) is 78.9 Å². The number of halogens is 1. The summed E-state index contributed by atoms with van der Waals surface area (Å²) in [6.45, 7) is 0. The van der Waals surface area contributed by atoms with Crippen LogP contribution in [-0.4, -0.2) is 5.78 Å². The van der Waals surface area contributed by atoms with Gasteiger partial charge < -0.3 is 0 Å². The van der Waals surface area contributed by atoms with Gasteiger partial charge in [-0.25, -0.2) is 0 Å². The molecule has 0 aliphatic rings. The molecule has 21 heavy (non-hydrogen) atoms. The summed E-state index contributed by atoms with van der Waals surface area (Å²) in [5, 5.41) is 0.708. The summed E-state index contributed by atoms with van der Waals surface area (Å²) in [7, 11) is 0. The first-order valence-electron chi connectivity index (χ1n) is 6.70. The Morgan fingerprint density at radius 3 is 1.90 bits per heavy atom. The molecular weight excluding hydrogens is 280 g/mol. The number of hydrogen-bond acceptors (Lipinski definition) is 1. The molecule has 0 aromatic heterocycles. The van der Waals surface area contributed by atoms with E-state index in [-0.39, 0.29) is 5.78 Å². The number of benzene rings is 3. The van der Waals surface area contributed by atoms with E-state index in [0.717, 1.165) is 11.1 Å². The number of ketones is 1. The van der Waals surface area contributed by atoms with Crippen molar-refractivity contribution in [1.82, 2.24) is 0 Å². The lowest BCUT2D eigenvalue weighted by Crippen LogP contribution is -2.00. The number of carbonyl (C=O) groups is 1. The van der Waals surface area contributed by atoms with Crippen molar-refractivity contribution >= 4 is 17.4 Å². The smallest absolute Gasteiger partial charge is 0.193 e. The Balaban J connectivity index is 1.92. The van der Waals surface area contributed by atoms with Crippen molar-refractivity contribution in [3.05, 3.63) is 95.0 Å². The van der Waals surface area contributed by atoms with Crippen molar-refractivity contribution < 1.29 is 4.79 Å². The molecule has 0 amide bonds. The van der Waals surface area contributed by atoms with Gasteiger partial charge in [-0.05, 0) is 11.6 Å². The van der Waals surface area contributed by atoms with Crippen molar-refractivity contribution in [2.75, 3.05) is 0 Å². The Bertz CT molecular complexity index is 761. The SMILES string of the molecule is O=C(c1ccccc1)c1ccc(-c2ccccc2Cl)cc1. The van der Waals surface area contributed by atoms with Crippen LogP contribution < -0.4 is 0 Å². The predicted octanol–water partition coefficient (Wildman–Crippen LogP) is 5.24. The van der Waals surface area contributed by atoms with E-state index in [9.17, 15) is 4.79 Å². The van der Waals surface area contributed by atoms with Crippen LogP contribution in [0, 0.1) is 0 Å². The first-order valence-corrected chi connectivity index (χ1v) is 7.08. The molecule has 0 aliphatic heterocycles. The molecule has 0 saturated carbocycles. The topological polar surface area (TPSA) is 17.1 Å². The Hall–Kier alpha value is -2.38. The first-order chi connectivity index (χ1) is 10.3. The molecule has 0 heterocycles. The van der Waals surface area contributed by atoms with Gasteiger partial charge >= 0.3 is 0 Å². The molecule has 3 aromatic rings. The molecule has 0 radical (unpaired) electrons. The standard InChI is InChI=1S/C19H13ClO/c20-18-9-5-4-8-17(18)14-10-12-16(13-11-14)19(21)15-6-2-1-3-7-15/h1-13H. The molecule has 0 unspecified atom stereocenters. The fourth-order valence-electron chi connectivity index (χ4n) is 2.25. The fraction of sp³-hybridized carbons (Fsp3) is 0. The molecule has 0 fully saturated rings. The molecule has 3 aromatic carbocycles. The minimum absolute atomic E-state index is 0.0290. The lowest BCUT2D eigenvalue weighted by atomic mass is 9.99. The number of hydrogen-bond donors (Lipinski definition) is 0.